The van der Waals surface area contributed by atoms with Gasteiger partial charge in [0.15, 0.2) is 0 Å². The standard InChI is InChI=1S/C14H21Cl/c1-3-5-9-12(4-2)14(15)13-10-7-6-8-11-13/h6-8,10-12,14H,3-5,9H2,1-2H3. The molecule has 0 saturated carbocycles. The Kier molecular flexibility index (Phi) is 5.78. The summed E-state index contributed by atoms with van der Waals surface area (Å²) in [6, 6.07) is 10.4. The molecule has 0 N–H and O–H groups in total. The Bertz CT molecular complexity index is 255. The first-order chi connectivity index (χ1) is 7.29. The molecule has 1 aromatic carbocycles. The molecule has 0 heterocycles. The Morgan fingerprint density at radius 3 is 2.33 bits per heavy atom. The molecule has 0 radical (unpaired) electrons. The van der Waals surface area contributed by atoms with Crippen LogP contribution >= 0.6 is 11.6 Å². The van der Waals surface area contributed by atoms with Crippen LogP contribution in [0.3, 0.4) is 0 Å². The summed E-state index contributed by atoms with van der Waals surface area (Å²) in [6.45, 7) is 4.47. The van der Waals surface area contributed by atoms with Crippen molar-refractivity contribution in [3.05, 3.63) is 35.9 Å². The largest absolute Gasteiger partial charge is 0.118 e. The van der Waals surface area contributed by atoms with Gasteiger partial charge in [-0.1, -0.05) is 63.4 Å². The highest BCUT2D eigenvalue weighted by Gasteiger charge is 2.18. The van der Waals surface area contributed by atoms with E-state index in [4.69, 9.17) is 11.6 Å². The van der Waals surface area contributed by atoms with Crippen LogP contribution in [0.15, 0.2) is 30.3 Å². The maximum atomic E-state index is 6.51. The van der Waals surface area contributed by atoms with Crippen molar-refractivity contribution in [2.75, 3.05) is 0 Å². The normalized spacial score (nSPS) is 14.9. The highest BCUT2D eigenvalue weighted by atomic mass is 35.5. The van der Waals surface area contributed by atoms with Crippen molar-refractivity contribution in [3.63, 3.8) is 0 Å². The van der Waals surface area contributed by atoms with Crippen molar-refractivity contribution in [2.24, 2.45) is 5.92 Å². The first-order valence-electron chi connectivity index (χ1n) is 5.98. The van der Waals surface area contributed by atoms with Crippen LogP contribution in [0, 0.1) is 5.92 Å². The van der Waals surface area contributed by atoms with Gasteiger partial charge >= 0.3 is 0 Å². The van der Waals surface area contributed by atoms with E-state index in [1.807, 2.05) is 6.07 Å². The van der Waals surface area contributed by atoms with Gasteiger partial charge in [-0.05, 0) is 17.9 Å². The summed E-state index contributed by atoms with van der Waals surface area (Å²) in [5.41, 5.74) is 1.27. The first-order valence-corrected chi connectivity index (χ1v) is 6.42. The molecule has 1 rings (SSSR count). The predicted octanol–water partition coefficient (Wildman–Crippen LogP) is 5.18. The third-order valence-corrected chi connectivity index (χ3v) is 3.59. The third-order valence-electron chi connectivity index (χ3n) is 2.98. The molecule has 0 amide bonds. The fourth-order valence-electron chi connectivity index (χ4n) is 1.93. The highest BCUT2D eigenvalue weighted by Crippen LogP contribution is 2.34. The molecule has 2 atom stereocenters. The summed E-state index contributed by atoms with van der Waals surface area (Å²) in [7, 11) is 0. The molecule has 0 bridgehead atoms. The van der Waals surface area contributed by atoms with Crippen LogP contribution in [0.25, 0.3) is 0 Å². The zero-order valence-corrected chi connectivity index (χ0v) is 10.5. The number of rotatable bonds is 6. The van der Waals surface area contributed by atoms with Crippen molar-refractivity contribution in [3.8, 4) is 0 Å². The zero-order valence-electron chi connectivity index (χ0n) is 9.75. The third kappa shape index (κ3) is 3.87. The lowest BCUT2D eigenvalue weighted by molar-refractivity contribution is 0.437. The van der Waals surface area contributed by atoms with Gasteiger partial charge in [0.25, 0.3) is 0 Å². The summed E-state index contributed by atoms with van der Waals surface area (Å²) >= 11 is 6.51. The summed E-state index contributed by atoms with van der Waals surface area (Å²) in [6.07, 6.45) is 4.96. The fourth-order valence-corrected chi connectivity index (χ4v) is 2.38. The maximum Gasteiger partial charge on any atom is 0.0613 e. The molecule has 84 valence electrons. The van der Waals surface area contributed by atoms with Gasteiger partial charge in [-0.25, -0.2) is 0 Å². The van der Waals surface area contributed by atoms with Crippen molar-refractivity contribution >= 4 is 11.6 Å². The number of benzene rings is 1. The van der Waals surface area contributed by atoms with Crippen molar-refractivity contribution in [1.82, 2.24) is 0 Å². The van der Waals surface area contributed by atoms with Gasteiger partial charge in [-0.3, -0.25) is 0 Å². The van der Waals surface area contributed by atoms with E-state index >= 15 is 0 Å². The van der Waals surface area contributed by atoms with Crippen LogP contribution in [0.2, 0.25) is 0 Å². The molecule has 1 heteroatoms. The van der Waals surface area contributed by atoms with Gasteiger partial charge < -0.3 is 0 Å². The average Bonchev–Trinajstić information content (AvgIpc) is 2.31. The summed E-state index contributed by atoms with van der Waals surface area (Å²) in [4.78, 5) is 0. The molecule has 0 aliphatic rings. The van der Waals surface area contributed by atoms with Crippen molar-refractivity contribution in [1.29, 1.82) is 0 Å². The number of hydrogen-bond acceptors (Lipinski definition) is 0. The smallest absolute Gasteiger partial charge is 0.0613 e. The number of unbranched alkanes of at least 4 members (excludes halogenated alkanes) is 1. The lowest BCUT2D eigenvalue weighted by Crippen LogP contribution is -2.07. The van der Waals surface area contributed by atoms with Crippen LogP contribution in [-0.2, 0) is 0 Å². The van der Waals surface area contributed by atoms with E-state index in [1.165, 1.54) is 31.2 Å². The second-order valence-electron chi connectivity index (χ2n) is 4.12. The fraction of sp³-hybridized carbons (Fsp3) is 0.571. The van der Waals surface area contributed by atoms with Crippen LogP contribution in [-0.4, -0.2) is 0 Å². The van der Waals surface area contributed by atoms with Crippen LogP contribution in [0.4, 0.5) is 0 Å². The number of alkyl halides is 1. The Balaban J connectivity index is 2.60. The van der Waals surface area contributed by atoms with Crippen LogP contribution in [0.1, 0.15) is 50.5 Å². The van der Waals surface area contributed by atoms with Crippen LogP contribution in [0.5, 0.6) is 0 Å². The van der Waals surface area contributed by atoms with Gasteiger partial charge in [-0.2, -0.15) is 0 Å². The molecule has 0 nitrogen and oxygen atoms in total. The van der Waals surface area contributed by atoms with Gasteiger partial charge in [0.2, 0.25) is 0 Å². The Labute approximate surface area is 98.7 Å². The van der Waals surface area contributed by atoms with Crippen LogP contribution < -0.4 is 0 Å². The summed E-state index contributed by atoms with van der Waals surface area (Å²) in [5.74, 6) is 0.619. The topological polar surface area (TPSA) is 0 Å². The summed E-state index contributed by atoms with van der Waals surface area (Å²) < 4.78 is 0. The molecule has 0 aliphatic carbocycles. The lowest BCUT2D eigenvalue weighted by Gasteiger charge is -2.20. The molecular formula is C14H21Cl. The Hall–Kier alpha value is -0.490. The van der Waals surface area contributed by atoms with Gasteiger partial charge in [0, 0.05) is 0 Å². The minimum atomic E-state index is 0.183. The second kappa shape index (κ2) is 6.90. The monoisotopic (exact) mass is 224 g/mol. The molecule has 1 aromatic rings. The average molecular weight is 225 g/mol. The van der Waals surface area contributed by atoms with Crippen molar-refractivity contribution in [2.45, 2.75) is 44.9 Å². The maximum absolute atomic E-state index is 6.51. The van der Waals surface area contributed by atoms with E-state index in [-0.39, 0.29) is 5.38 Å². The second-order valence-corrected chi connectivity index (χ2v) is 4.59. The minimum Gasteiger partial charge on any atom is -0.118 e. The van der Waals surface area contributed by atoms with E-state index in [9.17, 15) is 0 Å². The number of hydrogen-bond donors (Lipinski definition) is 0. The summed E-state index contributed by atoms with van der Waals surface area (Å²) in [5, 5.41) is 0.183. The first kappa shape index (κ1) is 12.6. The SMILES string of the molecule is CCCCC(CC)C(Cl)c1ccccc1. The molecule has 0 aromatic heterocycles. The molecule has 0 spiro atoms. The zero-order chi connectivity index (χ0) is 11.1. The molecule has 2 unspecified atom stereocenters. The van der Waals surface area contributed by atoms with E-state index in [0.717, 1.165) is 0 Å². The Morgan fingerprint density at radius 2 is 1.80 bits per heavy atom. The van der Waals surface area contributed by atoms with Crippen molar-refractivity contribution < 1.29 is 0 Å². The molecule has 0 saturated heterocycles. The molecular weight excluding hydrogens is 204 g/mol. The van der Waals surface area contributed by atoms with E-state index in [1.54, 1.807) is 0 Å². The van der Waals surface area contributed by atoms with Gasteiger partial charge in [0.05, 0.1) is 5.38 Å². The Morgan fingerprint density at radius 1 is 1.13 bits per heavy atom. The van der Waals surface area contributed by atoms with E-state index in [2.05, 4.69) is 38.1 Å². The quantitative estimate of drug-likeness (QED) is 0.584. The highest BCUT2D eigenvalue weighted by molar-refractivity contribution is 6.21. The molecule has 0 aliphatic heterocycles. The van der Waals surface area contributed by atoms with Gasteiger partial charge in [0.1, 0.15) is 0 Å². The lowest BCUT2D eigenvalue weighted by atomic mass is 9.91. The minimum absolute atomic E-state index is 0.183. The predicted molar refractivity (Wildman–Crippen MR) is 68.3 cm³/mol. The van der Waals surface area contributed by atoms with E-state index in [0.29, 0.717) is 5.92 Å². The van der Waals surface area contributed by atoms with Gasteiger partial charge in [-0.15, -0.1) is 11.6 Å². The molecule has 0 fully saturated rings. The van der Waals surface area contributed by atoms with E-state index < -0.39 is 0 Å². The molecule has 15 heavy (non-hydrogen) atoms. The number of halogens is 1.